The molecule has 0 aliphatic carbocycles. The third kappa shape index (κ3) is 4.15. The van der Waals surface area contributed by atoms with Crippen LogP contribution in [0.5, 0.6) is 0 Å². The van der Waals surface area contributed by atoms with Crippen LogP contribution in [-0.2, 0) is 12.4 Å². The Balaban J connectivity index is 3.34. The van der Waals surface area contributed by atoms with Gasteiger partial charge >= 0.3 is 12.4 Å². The molecule has 0 aliphatic rings. The zero-order valence-electron chi connectivity index (χ0n) is 9.93. The molecule has 112 valence electrons. The fourth-order valence-electron chi connectivity index (χ4n) is 1.36. The van der Waals surface area contributed by atoms with E-state index in [9.17, 15) is 26.3 Å². The van der Waals surface area contributed by atoms with Crippen LogP contribution in [0.4, 0.5) is 32.0 Å². The number of hydrazine groups is 1. The van der Waals surface area contributed by atoms with Crippen molar-refractivity contribution in [3.63, 3.8) is 0 Å². The second-order valence-corrected chi connectivity index (χ2v) is 4.24. The number of thiocarbonyl (C=S) groups is 1. The lowest BCUT2D eigenvalue weighted by Gasteiger charge is -2.23. The van der Waals surface area contributed by atoms with Crippen molar-refractivity contribution in [2.24, 2.45) is 5.73 Å². The van der Waals surface area contributed by atoms with E-state index in [1.54, 1.807) is 0 Å². The monoisotopic (exact) mass is 317 g/mol. The zero-order chi connectivity index (χ0) is 15.7. The summed E-state index contributed by atoms with van der Waals surface area (Å²) in [6.07, 6.45) is -9.81. The topological polar surface area (TPSA) is 41.3 Å². The van der Waals surface area contributed by atoms with Crippen LogP contribution in [0.3, 0.4) is 0 Å². The minimum Gasteiger partial charge on any atom is -0.375 e. The molecule has 0 radical (unpaired) electrons. The summed E-state index contributed by atoms with van der Waals surface area (Å²) < 4.78 is 75.6. The van der Waals surface area contributed by atoms with Crippen molar-refractivity contribution in [3.05, 3.63) is 29.3 Å². The predicted octanol–water partition coefficient (Wildman–Crippen LogP) is 2.91. The molecular formula is C10H9F6N3S. The molecule has 0 fully saturated rings. The first-order chi connectivity index (χ1) is 8.91. The van der Waals surface area contributed by atoms with Crippen molar-refractivity contribution in [2.45, 2.75) is 12.4 Å². The first-order valence-electron chi connectivity index (χ1n) is 5.00. The SMILES string of the molecule is CN(NC(N)=S)c1cc(C(F)(F)F)cc(C(F)(F)F)c1. The van der Waals surface area contributed by atoms with Crippen molar-refractivity contribution in [1.29, 1.82) is 0 Å². The average Bonchev–Trinajstić information content (AvgIpc) is 2.25. The largest absolute Gasteiger partial charge is 0.416 e. The lowest BCUT2D eigenvalue weighted by atomic mass is 10.1. The summed E-state index contributed by atoms with van der Waals surface area (Å²) in [7, 11) is 1.19. The molecule has 0 amide bonds. The maximum atomic E-state index is 12.6. The van der Waals surface area contributed by atoms with Crippen molar-refractivity contribution in [3.8, 4) is 0 Å². The van der Waals surface area contributed by atoms with E-state index in [0.717, 1.165) is 5.01 Å². The van der Waals surface area contributed by atoms with Crippen molar-refractivity contribution in [1.82, 2.24) is 5.43 Å². The summed E-state index contributed by atoms with van der Waals surface area (Å²) in [6.45, 7) is 0. The normalized spacial score (nSPS) is 12.2. The fraction of sp³-hybridized carbons (Fsp3) is 0.300. The Hall–Kier alpha value is -1.71. The number of halogens is 6. The number of nitrogens with zero attached hydrogens (tertiary/aromatic N) is 1. The lowest BCUT2D eigenvalue weighted by molar-refractivity contribution is -0.143. The molecule has 0 aromatic heterocycles. The number of anilines is 1. The third-order valence-electron chi connectivity index (χ3n) is 2.24. The van der Waals surface area contributed by atoms with E-state index in [2.05, 4.69) is 17.6 Å². The molecular weight excluding hydrogens is 308 g/mol. The highest BCUT2D eigenvalue weighted by Gasteiger charge is 2.37. The van der Waals surface area contributed by atoms with Crippen LogP contribution in [0.15, 0.2) is 18.2 Å². The maximum absolute atomic E-state index is 12.6. The quantitative estimate of drug-likeness (QED) is 0.500. The summed E-state index contributed by atoms with van der Waals surface area (Å²) >= 11 is 4.46. The Labute approximate surface area is 115 Å². The Morgan fingerprint density at radius 1 is 1.05 bits per heavy atom. The highest BCUT2D eigenvalue weighted by molar-refractivity contribution is 7.80. The van der Waals surface area contributed by atoms with Crippen molar-refractivity contribution >= 4 is 23.0 Å². The van der Waals surface area contributed by atoms with Crippen LogP contribution >= 0.6 is 12.2 Å². The van der Waals surface area contributed by atoms with Gasteiger partial charge in [0.05, 0.1) is 16.8 Å². The lowest BCUT2D eigenvalue weighted by Crippen LogP contribution is -2.42. The minimum absolute atomic E-state index is 0.0398. The van der Waals surface area contributed by atoms with Gasteiger partial charge in [-0.1, -0.05) is 0 Å². The molecule has 10 heteroatoms. The molecule has 0 spiro atoms. The molecule has 1 aromatic rings. The molecule has 0 saturated carbocycles. The first kappa shape index (κ1) is 16.3. The average molecular weight is 317 g/mol. The second-order valence-electron chi connectivity index (χ2n) is 3.80. The molecule has 0 saturated heterocycles. The van der Waals surface area contributed by atoms with Crippen LogP contribution < -0.4 is 16.2 Å². The van der Waals surface area contributed by atoms with Gasteiger partial charge in [0.1, 0.15) is 0 Å². The van der Waals surface area contributed by atoms with E-state index in [4.69, 9.17) is 5.73 Å². The molecule has 0 unspecified atom stereocenters. The number of hydrogen-bond donors (Lipinski definition) is 2. The van der Waals surface area contributed by atoms with E-state index in [1.165, 1.54) is 7.05 Å². The molecule has 0 atom stereocenters. The first-order valence-corrected chi connectivity index (χ1v) is 5.41. The number of rotatable bonds is 2. The van der Waals surface area contributed by atoms with Crippen LogP contribution in [0.1, 0.15) is 11.1 Å². The van der Waals surface area contributed by atoms with E-state index in [0.29, 0.717) is 12.1 Å². The van der Waals surface area contributed by atoms with Crippen LogP contribution in [0.2, 0.25) is 0 Å². The van der Waals surface area contributed by atoms with E-state index >= 15 is 0 Å². The number of hydrogen-bond acceptors (Lipinski definition) is 2. The Morgan fingerprint density at radius 3 is 1.75 bits per heavy atom. The molecule has 1 rings (SSSR count). The summed E-state index contributed by atoms with van der Waals surface area (Å²) in [5.41, 5.74) is 4.13. The molecule has 0 heterocycles. The Kier molecular flexibility index (Phi) is 4.37. The van der Waals surface area contributed by atoms with Crippen LogP contribution in [0, 0.1) is 0 Å². The molecule has 20 heavy (non-hydrogen) atoms. The van der Waals surface area contributed by atoms with Gasteiger partial charge in [0.15, 0.2) is 5.11 Å². The second kappa shape index (κ2) is 5.35. The number of nitrogens with one attached hydrogen (secondary N) is 1. The zero-order valence-corrected chi connectivity index (χ0v) is 10.7. The van der Waals surface area contributed by atoms with Crippen molar-refractivity contribution < 1.29 is 26.3 Å². The highest BCUT2D eigenvalue weighted by atomic mass is 32.1. The third-order valence-corrected chi connectivity index (χ3v) is 2.33. The van der Waals surface area contributed by atoms with Crippen LogP contribution in [0.25, 0.3) is 0 Å². The van der Waals surface area contributed by atoms with Gasteiger partial charge in [-0.2, -0.15) is 26.3 Å². The van der Waals surface area contributed by atoms with Gasteiger partial charge in [0, 0.05) is 7.05 Å². The summed E-state index contributed by atoms with van der Waals surface area (Å²) in [6, 6.07) is 1.15. The summed E-state index contributed by atoms with van der Waals surface area (Å²) in [5.74, 6) is 0. The molecule has 3 nitrogen and oxygen atoms in total. The van der Waals surface area contributed by atoms with E-state index in [1.807, 2.05) is 0 Å². The summed E-state index contributed by atoms with van der Waals surface area (Å²) in [5, 5.41) is 0.575. The van der Waals surface area contributed by atoms with E-state index < -0.39 is 23.5 Å². The molecule has 3 N–H and O–H groups in total. The van der Waals surface area contributed by atoms with Gasteiger partial charge < -0.3 is 5.73 Å². The van der Waals surface area contributed by atoms with Gasteiger partial charge in [-0.05, 0) is 30.4 Å². The molecule has 1 aromatic carbocycles. The van der Waals surface area contributed by atoms with Gasteiger partial charge in [0.25, 0.3) is 0 Å². The minimum atomic E-state index is -4.90. The maximum Gasteiger partial charge on any atom is 0.416 e. The predicted molar refractivity (Wildman–Crippen MR) is 64.8 cm³/mol. The smallest absolute Gasteiger partial charge is 0.375 e. The van der Waals surface area contributed by atoms with E-state index in [-0.39, 0.29) is 16.9 Å². The number of benzene rings is 1. The van der Waals surface area contributed by atoms with Gasteiger partial charge in [-0.3, -0.25) is 10.4 Å². The van der Waals surface area contributed by atoms with Gasteiger partial charge in [-0.25, -0.2) is 0 Å². The Bertz CT molecular complexity index is 478. The Morgan fingerprint density at radius 2 is 1.45 bits per heavy atom. The number of alkyl halides is 6. The van der Waals surface area contributed by atoms with Gasteiger partial charge in [0.2, 0.25) is 0 Å². The van der Waals surface area contributed by atoms with Crippen LogP contribution in [-0.4, -0.2) is 12.2 Å². The standard InChI is InChI=1S/C10H9F6N3S/c1-19(18-8(17)20)7-3-5(9(11,12)13)2-6(4-7)10(14,15)16/h2-4H,1H3,(H3,17,18,20). The summed E-state index contributed by atoms with van der Waals surface area (Å²) in [4.78, 5) is 0. The molecule has 0 aliphatic heterocycles. The fourth-order valence-corrected chi connectivity index (χ4v) is 1.50. The highest BCUT2D eigenvalue weighted by Crippen LogP contribution is 2.37. The van der Waals surface area contributed by atoms with Gasteiger partial charge in [-0.15, -0.1) is 0 Å². The molecule has 0 bridgehead atoms. The van der Waals surface area contributed by atoms with Crippen molar-refractivity contribution in [2.75, 3.05) is 12.1 Å². The number of nitrogens with two attached hydrogens (primary N) is 1.